The molecule has 5 atom stereocenters. The van der Waals surface area contributed by atoms with E-state index in [1.807, 2.05) is 20.8 Å². The summed E-state index contributed by atoms with van der Waals surface area (Å²) in [7, 11) is 0. The number of ether oxygens (including phenoxy) is 3. The second-order valence-electron chi connectivity index (χ2n) is 8.33. The summed E-state index contributed by atoms with van der Waals surface area (Å²) in [5.74, 6) is -0.0697. The standard InChI is InChI=1S/C17H24O5/c1-14(2)17-11(20-17)9-16(4)10(5-6-12(18)22-16)15(17,3)8-7-13(19)21-14/h10-11H,5-9H2,1-4H3/t10-,11+,15-,16+,17+/m1/s1. The Hall–Kier alpha value is -1.10. The number of hydrogen-bond acceptors (Lipinski definition) is 5. The van der Waals surface area contributed by atoms with Gasteiger partial charge in [-0.15, -0.1) is 0 Å². The second-order valence-corrected chi connectivity index (χ2v) is 8.33. The summed E-state index contributed by atoms with van der Waals surface area (Å²) < 4.78 is 17.8. The van der Waals surface area contributed by atoms with E-state index in [9.17, 15) is 9.59 Å². The van der Waals surface area contributed by atoms with Gasteiger partial charge in [0.05, 0.1) is 6.10 Å². The molecule has 5 nitrogen and oxygen atoms in total. The molecule has 0 amide bonds. The van der Waals surface area contributed by atoms with Crippen LogP contribution < -0.4 is 0 Å². The van der Waals surface area contributed by atoms with E-state index < -0.39 is 16.8 Å². The summed E-state index contributed by atoms with van der Waals surface area (Å²) in [6.07, 6.45) is 3.06. The molecule has 1 saturated carbocycles. The molecule has 22 heavy (non-hydrogen) atoms. The third kappa shape index (κ3) is 1.48. The second kappa shape index (κ2) is 3.86. The first-order valence-corrected chi connectivity index (χ1v) is 8.26. The van der Waals surface area contributed by atoms with E-state index in [0.29, 0.717) is 19.3 Å². The average molecular weight is 308 g/mol. The molecule has 3 heterocycles. The SMILES string of the molecule is CC1(C)OC(=O)CC[C@]2(C)[C@H]3CCC(=O)O[C@@]3(C)C[C@@H]3O[C@@]312. The number of carbonyl (C=O) groups excluding carboxylic acids is 2. The minimum Gasteiger partial charge on any atom is -0.459 e. The van der Waals surface area contributed by atoms with Gasteiger partial charge in [0, 0.05) is 30.6 Å². The van der Waals surface area contributed by atoms with Crippen LogP contribution in [0.3, 0.4) is 0 Å². The Morgan fingerprint density at radius 2 is 1.68 bits per heavy atom. The molecule has 3 aliphatic heterocycles. The van der Waals surface area contributed by atoms with Crippen molar-refractivity contribution in [1.29, 1.82) is 0 Å². The van der Waals surface area contributed by atoms with Gasteiger partial charge >= 0.3 is 11.9 Å². The zero-order valence-corrected chi connectivity index (χ0v) is 13.7. The lowest BCUT2D eigenvalue weighted by molar-refractivity contribution is -0.204. The molecule has 0 unspecified atom stereocenters. The summed E-state index contributed by atoms with van der Waals surface area (Å²) in [6.45, 7) is 8.17. The van der Waals surface area contributed by atoms with E-state index in [4.69, 9.17) is 14.2 Å². The normalized spacial score (nSPS) is 52.4. The summed E-state index contributed by atoms with van der Waals surface area (Å²) >= 11 is 0. The van der Waals surface area contributed by atoms with Crippen molar-refractivity contribution in [2.45, 2.75) is 82.7 Å². The average Bonchev–Trinajstić information content (AvgIpc) is 3.11. The van der Waals surface area contributed by atoms with Crippen LogP contribution in [-0.4, -0.2) is 34.8 Å². The molecule has 1 aliphatic carbocycles. The number of carbonyl (C=O) groups is 2. The lowest BCUT2D eigenvalue weighted by Crippen LogP contribution is -2.65. The van der Waals surface area contributed by atoms with Gasteiger partial charge in [-0.2, -0.15) is 0 Å². The van der Waals surface area contributed by atoms with Crippen molar-refractivity contribution in [3.63, 3.8) is 0 Å². The Morgan fingerprint density at radius 3 is 2.41 bits per heavy atom. The van der Waals surface area contributed by atoms with Crippen molar-refractivity contribution in [2.24, 2.45) is 11.3 Å². The molecular formula is C17H24O5. The van der Waals surface area contributed by atoms with E-state index in [1.165, 1.54) is 0 Å². The maximum Gasteiger partial charge on any atom is 0.306 e. The molecule has 1 spiro atoms. The summed E-state index contributed by atoms with van der Waals surface area (Å²) in [5, 5.41) is 0. The van der Waals surface area contributed by atoms with Crippen LogP contribution in [-0.2, 0) is 23.8 Å². The topological polar surface area (TPSA) is 65.1 Å². The quantitative estimate of drug-likeness (QED) is 0.508. The van der Waals surface area contributed by atoms with Crippen LogP contribution in [0.1, 0.15) is 59.8 Å². The number of rotatable bonds is 0. The molecule has 0 N–H and O–H groups in total. The Kier molecular flexibility index (Phi) is 2.54. The fourth-order valence-electron chi connectivity index (χ4n) is 5.98. The van der Waals surface area contributed by atoms with Gasteiger partial charge in [-0.3, -0.25) is 9.59 Å². The highest BCUT2D eigenvalue weighted by Gasteiger charge is 2.82. The maximum absolute atomic E-state index is 12.1. The van der Waals surface area contributed by atoms with Crippen LogP contribution >= 0.6 is 0 Å². The predicted molar refractivity (Wildman–Crippen MR) is 77.0 cm³/mol. The van der Waals surface area contributed by atoms with Crippen LogP contribution in [0.5, 0.6) is 0 Å². The monoisotopic (exact) mass is 308 g/mol. The van der Waals surface area contributed by atoms with Gasteiger partial charge in [-0.05, 0) is 33.6 Å². The van der Waals surface area contributed by atoms with Gasteiger partial charge in [-0.1, -0.05) is 6.92 Å². The van der Waals surface area contributed by atoms with Gasteiger partial charge in [0.15, 0.2) is 0 Å². The molecular weight excluding hydrogens is 284 g/mol. The van der Waals surface area contributed by atoms with Crippen molar-refractivity contribution < 1.29 is 23.8 Å². The van der Waals surface area contributed by atoms with Crippen LogP contribution in [0.4, 0.5) is 0 Å². The number of fused-ring (bicyclic) bond motifs is 2. The molecule has 5 heteroatoms. The Balaban J connectivity index is 1.83. The van der Waals surface area contributed by atoms with Crippen molar-refractivity contribution in [1.82, 2.24) is 0 Å². The zero-order valence-electron chi connectivity index (χ0n) is 13.7. The van der Waals surface area contributed by atoms with Gasteiger partial charge in [0.25, 0.3) is 0 Å². The van der Waals surface area contributed by atoms with Crippen LogP contribution in [0, 0.1) is 11.3 Å². The first-order chi connectivity index (χ1) is 10.1. The van der Waals surface area contributed by atoms with Gasteiger partial charge in [0.2, 0.25) is 0 Å². The lowest BCUT2D eigenvalue weighted by atomic mass is 9.49. The number of cyclic esters (lactones) is 1. The van der Waals surface area contributed by atoms with E-state index in [0.717, 1.165) is 12.8 Å². The van der Waals surface area contributed by atoms with Gasteiger partial charge in [-0.25, -0.2) is 0 Å². The van der Waals surface area contributed by atoms with Crippen molar-refractivity contribution in [3.05, 3.63) is 0 Å². The van der Waals surface area contributed by atoms with Crippen molar-refractivity contribution >= 4 is 11.9 Å². The fourth-order valence-corrected chi connectivity index (χ4v) is 5.98. The first kappa shape index (κ1) is 14.5. The smallest absolute Gasteiger partial charge is 0.306 e. The van der Waals surface area contributed by atoms with Crippen LogP contribution in [0.15, 0.2) is 0 Å². The molecule has 0 aromatic carbocycles. The molecule has 0 aromatic heterocycles. The maximum atomic E-state index is 12.1. The number of hydrogen-bond donors (Lipinski definition) is 0. The Morgan fingerprint density at radius 1 is 1.00 bits per heavy atom. The third-order valence-corrected chi connectivity index (χ3v) is 6.77. The molecule has 0 aromatic rings. The highest BCUT2D eigenvalue weighted by molar-refractivity contribution is 5.72. The number of esters is 2. The summed E-state index contributed by atoms with van der Waals surface area (Å²) in [6, 6.07) is 0. The number of epoxide rings is 1. The molecule has 4 aliphatic rings. The largest absolute Gasteiger partial charge is 0.459 e. The molecule has 4 fully saturated rings. The summed E-state index contributed by atoms with van der Waals surface area (Å²) in [4.78, 5) is 23.9. The first-order valence-electron chi connectivity index (χ1n) is 8.26. The molecule has 0 radical (unpaired) electrons. The predicted octanol–water partition coefficient (Wildman–Crippen LogP) is 2.36. The highest BCUT2D eigenvalue weighted by atomic mass is 16.7. The molecule has 122 valence electrons. The summed E-state index contributed by atoms with van der Waals surface area (Å²) in [5.41, 5.74) is -1.80. The highest BCUT2D eigenvalue weighted by Crippen LogP contribution is 2.71. The lowest BCUT2D eigenvalue weighted by Gasteiger charge is -2.56. The Labute approximate surface area is 130 Å². The van der Waals surface area contributed by atoms with E-state index in [1.54, 1.807) is 0 Å². The Bertz CT molecular complexity index is 569. The zero-order chi connectivity index (χ0) is 16.0. The molecule has 3 saturated heterocycles. The fraction of sp³-hybridized carbons (Fsp3) is 0.882. The minimum atomic E-state index is -0.650. The van der Waals surface area contributed by atoms with E-state index in [-0.39, 0.29) is 29.4 Å². The van der Waals surface area contributed by atoms with Crippen LogP contribution in [0.2, 0.25) is 0 Å². The van der Waals surface area contributed by atoms with Gasteiger partial charge < -0.3 is 14.2 Å². The third-order valence-electron chi connectivity index (χ3n) is 6.77. The molecule has 0 bridgehead atoms. The molecule has 4 rings (SSSR count). The van der Waals surface area contributed by atoms with Gasteiger partial charge in [0.1, 0.15) is 16.8 Å². The van der Waals surface area contributed by atoms with Crippen LogP contribution in [0.25, 0.3) is 0 Å². The van der Waals surface area contributed by atoms with Crippen molar-refractivity contribution in [2.75, 3.05) is 0 Å². The van der Waals surface area contributed by atoms with Crippen molar-refractivity contribution in [3.8, 4) is 0 Å². The van der Waals surface area contributed by atoms with E-state index in [2.05, 4.69) is 6.92 Å². The van der Waals surface area contributed by atoms with E-state index >= 15 is 0 Å². The minimum absolute atomic E-state index is 0.00875.